The van der Waals surface area contributed by atoms with Gasteiger partial charge in [0.25, 0.3) is 0 Å². The molecule has 2 unspecified atom stereocenters. The lowest BCUT2D eigenvalue weighted by Crippen LogP contribution is -2.20. The van der Waals surface area contributed by atoms with Crippen LogP contribution in [-0.2, 0) is 10.3 Å². The molecule has 0 aliphatic carbocycles. The number of aliphatic hydroxyl groups excluding tert-OH is 1. The number of hydrogen-bond acceptors (Lipinski definition) is 2. The van der Waals surface area contributed by atoms with Crippen LogP contribution < -0.4 is 0 Å². The molecule has 1 aliphatic rings. The third-order valence-electron chi connectivity index (χ3n) is 2.67. The van der Waals surface area contributed by atoms with E-state index in [1.807, 2.05) is 31.2 Å². The molecule has 0 amide bonds. The molecule has 0 aromatic heterocycles. The molecule has 1 heterocycles. The molecule has 1 N–H and O–H groups in total. The second kappa shape index (κ2) is 3.54. The maximum Gasteiger partial charge on any atom is 0.0930 e. The Balaban J connectivity index is 2.26. The van der Waals surface area contributed by atoms with Crippen molar-refractivity contribution in [2.75, 3.05) is 6.61 Å². The molecule has 1 saturated heterocycles. The first kappa shape index (κ1) is 9.97. The summed E-state index contributed by atoms with van der Waals surface area (Å²) in [7, 11) is 0. The fraction of sp³-hybridized carbons (Fsp3) is 0.455. The van der Waals surface area contributed by atoms with E-state index < -0.39 is 0 Å². The van der Waals surface area contributed by atoms with Crippen molar-refractivity contribution in [3.05, 3.63) is 34.9 Å². The molecule has 2 nitrogen and oxygen atoms in total. The summed E-state index contributed by atoms with van der Waals surface area (Å²) < 4.78 is 5.59. The number of aliphatic hydroxyl groups is 1. The van der Waals surface area contributed by atoms with Crippen molar-refractivity contribution in [3.8, 4) is 0 Å². The minimum absolute atomic E-state index is 0.351. The number of ether oxygens (including phenoxy) is 1. The largest absolute Gasteiger partial charge is 0.391 e. The van der Waals surface area contributed by atoms with Crippen molar-refractivity contribution in [3.63, 3.8) is 0 Å². The summed E-state index contributed by atoms with van der Waals surface area (Å²) in [6.45, 7) is 2.41. The van der Waals surface area contributed by atoms with Crippen LogP contribution in [0.25, 0.3) is 0 Å². The number of benzene rings is 1. The lowest BCUT2D eigenvalue weighted by molar-refractivity contribution is 0.0126. The number of halogens is 1. The van der Waals surface area contributed by atoms with Crippen LogP contribution in [0.3, 0.4) is 0 Å². The van der Waals surface area contributed by atoms with Crippen LogP contribution in [0.1, 0.15) is 18.9 Å². The molecular formula is C11H13ClO2. The quantitative estimate of drug-likeness (QED) is 0.775. The normalized spacial score (nSPS) is 32.1. The van der Waals surface area contributed by atoms with Gasteiger partial charge in [-0.05, 0) is 24.6 Å². The van der Waals surface area contributed by atoms with Gasteiger partial charge in [0.2, 0.25) is 0 Å². The van der Waals surface area contributed by atoms with Crippen LogP contribution >= 0.6 is 11.6 Å². The second-order valence-electron chi connectivity index (χ2n) is 3.91. The standard InChI is InChI=1S/C11H13ClO2/c1-11(6-10(13)7-14-11)8-2-4-9(12)5-3-8/h2-5,10,13H,6-7H2,1H3. The van der Waals surface area contributed by atoms with Crippen molar-refractivity contribution in [2.24, 2.45) is 0 Å². The molecule has 2 rings (SSSR count). The predicted molar refractivity (Wildman–Crippen MR) is 55.4 cm³/mol. The van der Waals surface area contributed by atoms with E-state index in [0.29, 0.717) is 13.0 Å². The molecule has 76 valence electrons. The lowest BCUT2D eigenvalue weighted by atomic mass is 9.92. The molecule has 3 heteroatoms. The van der Waals surface area contributed by atoms with Gasteiger partial charge >= 0.3 is 0 Å². The first-order valence-corrected chi connectivity index (χ1v) is 5.06. The van der Waals surface area contributed by atoms with E-state index in [1.54, 1.807) is 0 Å². The van der Waals surface area contributed by atoms with Gasteiger partial charge in [-0.25, -0.2) is 0 Å². The molecule has 0 saturated carbocycles. The monoisotopic (exact) mass is 212 g/mol. The molecule has 1 aromatic rings. The average Bonchev–Trinajstić information content (AvgIpc) is 2.48. The van der Waals surface area contributed by atoms with Gasteiger partial charge in [-0.15, -0.1) is 0 Å². The van der Waals surface area contributed by atoms with Crippen LogP contribution in [0.5, 0.6) is 0 Å². The van der Waals surface area contributed by atoms with E-state index in [-0.39, 0.29) is 11.7 Å². The smallest absolute Gasteiger partial charge is 0.0930 e. The first-order chi connectivity index (χ1) is 6.60. The van der Waals surface area contributed by atoms with Gasteiger partial charge in [0.05, 0.1) is 18.3 Å². The summed E-state index contributed by atoms with van der Waals surface area (Å²) in [5.74, 6) is 0. The van der Waals surface area contributed by atoms with Crippen molar-refractivity contribution < 1.29 is 9.84 Å². The third kappa shape index (κ3) is 1.78. The van der Waals surface area contributed by atoms with Gasteiger partial charge in [0.15, 0.2) is 0 Å². The van der Waals surface area contributed by atoms with Crippen LogP contribution in [0.2, 0.25) is 5.02 Å². The highest BCUT2D eigenvalue weighted by Gasteiger charge is 2.36. The molecule has 0 radical (unpaired) electrons. The molecule has 1 aliphatic heterocycles. The van der Waals surface area contributed by atoms with Gasteiger partial charge in [0, 0.05) is 11.4 Å². The van der Waals surface area contributed by atoms with Crippen molar-refractivity contribution in [1.82, 2.24) is 0 Å². The molecule has 1 aromatic carbocycles. The maximum absolute atomic E-state index is 9.43. The fourth-order valence-corrected chi connectivity index (χ4v) is 1.98. The zero-order valence-corrected chi connectivity index (χ0v) is 8.79. The first-order valence-electron chi connectivity index (χ1n) is 4.68. The average molecular weight is 213 g/mol. The molecular weight excluding hydrogens is 200 g/mol. The molecule has 1 fully saturated rings. The Morgan fingerprint density at radius 3 is 2.57 bits per heavy atom. The summed E-state index contributed by atoms with van der Waals surface area (Å²) in [5, 5.41) is 10.1. The van der Waals surface area contributed by atoms with E-state index in [0.717, 1.165) is 10.6 Å². The minimum Gasteiger partial charge on any atom is -0.391 e. The van der Waals surface area contributed by atoms with E-state index >= 15 is 0 Å². The van der Waals surface area contributed by atoms with E-state index in [1.165, 1.54) is 0 Å². The summed E-state index contributed by atoms with van der Waals surface area (Å²) in [4.78, 5) is 0. The van der Waals surface area contributed by atoms with Crippen LogP contribution in [0, 0.1) is 0 Å². The zero-order valence-electron chi connectivity index (χ0n) is 8.03. The molecule has 2 atom stereocenters. The van der Waals surface area contributed by atoms with E-state index in [9.17, 15) is 5.11 Å². The molecule has 0 spiro atoms. The maximum atomic E-state index is 9.43. The predicted octanol–water partition coefficient (Wildman–Crippen LogP) is 2.34. The van der Waals surface area contributed by atoms with Crippen molar-refractivity contribution in [1.29, 1.82) is 0 Å². The Morgan fingerprint density at radius 1 is 1.43 bits per heavy atom. The number of hydrogen-bond donors (Lipinski definition) is 1. The Kier molecular flexibility index (Phi) is 2.52. The topological polar surface area (TPSA) is 29.5 Å². The van der Waals surface area contributed by atoms with Gasteiger partial charge in [0.1, 0.15) is 0 Å². The third-order valence-corrected chi connectivity index (χ3v) is 2.93. The van der Waals surface area contributed by atoms with Crippen LogP contribution in [-0.4, -0.2) is 17.8 Å². The van der Waals surface area contributed by atoms with Gasteiger partial charge in [-0.1, -0.05) is 23.7 Å². The molecule has 14 heavy (non-hydrogen) atoms. The number of rotatable bonds is 1. The molecule has 0 bridgehead atoms. The summed E-state index contributed by atoms with van der Waals surface area (Å²) in [6, 6.07) is 7.58. The summed E-state index contributed by atoms with van der Waals surface area (Å²) in [5.41, 5.74) is 0.711. The summed E-state index contributed by atoms with van der Waals surface area (Å²) >= 11 is 5.80. The second-order valence-corrected chi connectivity index (χ2v) is 4.34. The van der Waals surface area contributed by atoms with Crippen molar-refractivity contribution >= 4 is 11.6 Å². The van der Waals surface area contributed by atoms with Crippen LogP contribution in [0.4, 0.5) is 0 Å². The Hall–Kier alpha value is -0.570. The van der Waals surface area contributed by atoms with Crippen LogP contribution in [0.15, 0.2) is 24.3 Å². The zero-order chi connectivity index (χ0) is 10.2. The fourth-order valence-electron chi connectivity index (χ4n) is 1.85. The highest BCUT2D eigenvalue weighted by atomic mass is 35.5. The van der Waals surface area contributed by atoms with Gasteiger partial charge in [-0.3, -0.25) is 0 Å². The highest BCUT2D eigenvalue weighted by molar-refractivity contribution is 6.30. The lowest BCUT2D eigenvalue weighted by Gasteiger charge is -2.23. The SMILES string of the molecule is CC1(c2ccc(Cl)cc2)CC(O)CO1. The Labute approximate surface area is 88.5 Å². The van der Waals surface area contributed by atoms with E-state index in [2.05, 4.69) is 0 Å². The van der Waals surface area contributed by atoms with Gasteiger partial charge < -0.3 is 9.84 Å². The van der Waals surface area contributed by atoms with Crippen molar-refractivity contribution in [2.45, 2.75) is 25.0 Å². The van der Waals surface area contributed by atoms with E-state index in [4.69, 9.17) is 16.3 Å². The Bertz CT molecular complexity index is 323. The Morgan fingerprint density at radius 2 is 2.07 bits per heavy atom. The summed E-state index contributed by atoms with van der Waals surface area (Å²) in [6.07, 6.45) is 0.296. The van der Waals surface area contributed by atoms with Gasteiger partial charge in [-0.2, -0.15) is 0 Å². The minimum atomic E-state index is -0.357. The highest BCUT2D eigenvalue weighted by Crippen LogP contribution is 2.35.